The third kappa shape index (κ3) is 6.88. The number of ether oxygens (including phenoxy) is 2. The van der Waals surface area contributed by atoms with Crippen LogP contribution in [-0.4, -0.2) is 28.0 Å². The van der Waals surface area contributed by atoms with Gasteiger partial charge in [0.25, 0.3) is 10.0 Å². The fraction of sp³-hybridized carbons (Fsp3) is 0.174. The van der Waals surface area contributed by atoms with Gasteiger partial charge in [-0.25, -0.2) is 12.8 Å². The molecule has 0 aromatic heterocycles. The van der Waals surface area contributed by atoms with Crippen LogP contribution in [0.4, 0.5) is 18.9 Å². The number of methoxy groups -OCH3 is 1. The molecule has 11 heteroatoms. The molecule has 0 unspecified atom stereocenters. The van der Waals surface area contributed by atoms with E-state index in [-0.39, 0.29) is 41.0 Å². The molecule has 0 saturated carbocycles. The Bertz CT molecular complexity index is 1230. The molecule has 0 atom stereocenters. The van der Waals surface area contributed by atoms with Crippen molar-refractivity contribution >= 4 is 21.6 Å². The Morgan fingerprint density at radius 2 is 1.59 bits per heavy atom. The average molecular weight is 494 g/mol. The molecule has 3 aromatic carbocycles. The molecule has 3 aromatic rings. The first-order chi connectivity index (χ1) is 16.2. The van der Waals surface area contributed by atoms with Crippen LogP contribution >= 0.6 is 0 Å². The van der Waals surface area contributed by atoms with Crippen LogP contribution in [0.2, 0.25) is 0 Å². The zero-order chi connectivity index (χ0) is 24.7. The summed E-state index contributed by atoms with van der Waals surface area (Å²) in [4.78, 5) is 12.2. The van der Waals surface area contributed by atoms with E-state index in [1.165, 1.54) is 31.4 Å². The van der Waals surface area contributed by atoms with E-state index in [0.717, 1.165) is 24.3 Å². The molecule has 0 saturated heterocycles. The van der Waals surface area contributed by atoms with Crippen LogP contribution < -0.4 is 19.5 Å². The van der Waals surface area contributed by atoms with Crippen molar-refractivity contribution in [1.29, 1.82) is 0 Å². The van der Waals surface area contributed by atoms with Gasteiger partial charge in [0.15, 0.2) is 11.5 Å². The van der Waals surface area contributed by atoms with Crippen LogP contribution in [0.5, 0.6) is 11.5 Å². The van der Waals surface area contributed by atoms with Crippen LogP contribution in [0.3, 0.4) is 0 Å². The van der Waals surface area contributed by atoms with Crippen molar-refractivity contribution in [2.75, 3.05) is 11.8 Å². The van der Waals surface area contributed by atoms with E-state index in [1.807, 2.05) is 0 Å². The lowest BCUT2D eigenvalue weighted by molar-refractivity contribution is -0.120. The monoisotopic (exact) mass is 494 g/mol. The molecule has 0 aliphatic carbocycles. The average Bonchev–Trinajstić information content (AvgIpc) is 2.79. The van der Waals surface area contributed by atoms with Crippen molar-refractivity contribution in [3.05, 3.63) is 83.7 Å². The summed E-state index contributed by atoms with van der Waals surface area (Å²) in [6.45, 7) is -2.93. The van der Waals surface area contributed by atoms with Crippen molar-refractivity contribution in [3.63, 3.8) is 0 Å². The van der Waals surface area contributed by atoms with Crippen LogP contribution in [-0.2, 0) is 27.8 Å². The SMILES string of the molecule is COc1ccc(CNC(=O)Cc2ccc(NS(=O)(=O)c3ccc(F)cc3)cc2)cc1OC(F)F. The summed E-state index contributed by atoms with van der Waals surface area (Å²) < 4.78 is 74.6. The number of carbonyl (C=O) groups excluding carboxylic acids is 1. The fourth-order valence-electron chi connectivity index (χ4n) is 2.99. The highest BCUT2D eigenvalue weighted by atomic mass is 32.2. The molecule has 0 aliphatic heterocycles. The zero-order valence-corrected chi connectivity index (χ0v) is 18.7. The Morgan fingerprint density at radius 3 is 2.21 bits per heavy atom. The number of sulfonamides is 1. The highest BCUT2D eigenvalue weighted by Crippen LogP contribution is 2.29. The van der Waals surface area contributed by atoms with Crippen LogP contribution in [0.15, 0.2) is 71.6 Å². The first-order valence-electron chi connectivity index (χ1n) is 9.92. The number of amides is 1. The van der Waals surface area contributed by atoms with Gasteiger partial charge in [-0.2, -0.15) is 8.78 Å². The summed E-state index contributed by atoms with van der Waals surface area (Å²) in [6.07, 6.45) is 0.0154. The lowest BCUT2D eigenvalue weighted by Gasteiger charge is -2.12. The number of alkyl halides is 2. The van der Waals surface area contributed by atoms with Gasteiger partial charge in [-0.15, -0.1) is 0 Å². The molecule has 0 heterocycles. The molecule has 2 N–H and O–H groups in total. The summed E-state index contributed by atoms with van der Waals surface area (Å²) in [5.41, 5.74) is 1.44. The van der Waals surface area contributed by atoms with Gasteiger partial charge in [-0.05, 0) is 59.7 Å². The molecule has 7 nitrogen and oxygen atoms in total. The molecule has 3 rings (SSSR count). The second kappa shape index (κ2) is 10.9. The summed E-state index contributed by atoms with van der Waals surface area (Å²) in [6, 6.07) is 15.0. The molecule has 180 valence electrons. The zero-order valence-electron chi connectivity index (χ0n) is 17.9. The molecule has 1 amide bonds. The Morgan fingerprint density at radius 1 is 0.941 bits per heavy atom. The molecule has 0 spiro atoms. The van der Waals surface area contributed by atoms with E-state index >= 15 is 0 Å². The highest BCUT2D eigenvalue weighted by Gasteiger charge is 2.15. The minimum atomic E-state index is -3.88. The number of rotatable bonds is 10. The summed E-state index contributed by atoms with van der Waals surface area (Å²) in [7, 11) is -2.56. The minimum Gasteiger partial charge on any atom is -0.493 e. The number of anilines is 1. The Balaban J connectivity index is 1.56. The Kier molecular flexibility index (Phi) is 8.00. The second-order valence-corrected chi connectivity index (χ2v) is 8.76. The number of benzene rings is 3. The summed E-state index contributed by atoms with van der Waals surface area (Å²) in [5.74, 6) is -0.865. The van der Waals surface area contributed by atoms with E-state index < -0.39 is 22.5 Å². The molecule has 0 radical (unpaired) electrons. The number of carbonyl (C=O) groups is 1. The second-order valence-electron chi connectivity index (χ2n) is 7.07. The topological polar surface area (TPSA) is 93.7 Å². The smallest absolute Gasteiger partial charge is 0.387 e. The van der Waals surface area contributed by atoms with Gasteiger partial charge >= 0.3 is 6.61 Å². The third-order valence-electron chi connectivity index (χ3n) is 4.63. The maximum absolute atomic E-state index is 13.0. The molecule has 0 bridgehead atoms. The predicted octanol–water partition coefficient (Wildman–Crippen LogP) is 4.10. The number of hydrogen-bond donors (Lipinski definition) is 2. The van der Waals surface area contributed by atoms with E-state index in [1.54, 1.807) is 18.2 Å². The van der Waals surface area contributed by atoms with Gasteiger partial charge in [-0.3, -0.25) is 9.52 Å². The highest BCUT2D eigenvalue weighted by molar-refractivity contribution is 7.92. The Labute approximate surface area is 194 Å². The van der Waals surface area contributed by atoms with Crippen LogP contribution in [0, 0.1) is 5.82 Å². The van der Waals surface area contributed by atoms with Gasteiger partial charge in [0.1, 0.15) is 5.82 Å². The van der Waals surface area contributed by atoms with E-state index in [9.17, 15) is 26.4 Å². The summed E-state index contributed by atoms with van der Waals surface area (Å²) in [5, 5.41) is 2.68. The maximum Gasteiger partial charge on any atom is 0.387 e. The first kappa shape index (κ1) is 24.9. The molecular weight excluding hydrogens is 473 g/mol. The Hall–Kier alpha value is -3.73. The summed E-state index contributed by atoms with van der Waals surface area (Å²) >= 11 is 0. The standard InChI is InChI=1S/C23H21F3N2O5S/c1-32-20-11-4-16(12-21(20)33-23(25)26)14-27-22(29)13-15-2-7-18(8-3-15)28-34(30,31)19-9-5-17(24)6-10-19/h2-12,23,28H,13-14H2,1H3,(H,27,29). The van der Waals surface area contributed by atoms with Crippen molar-refractivity contribution in [1.82, 2.24) is 5.32 Å². The maximum atomic E-state index is 13.0. The fourth-order valence-corrected chi connectivity index (χ4v) is 4.04. The molecule has 34 heavy (non-hydrogen) atoms. The first-order valence-corrected chi connectivity index (χ1v) is 11.4. The lowest BCUT2D eigenvalue weighted by atomic mass is 10.1. The number of halogens is 3. The van der Waals surface area contributed by atoms with Crippen molar-refractivity contribution in [2.24, 2.45) is 0 Å². The van der Waals surface area contributed by atoms with Gasteiger partial charge in [0.2, 0.25) is 5.91 Å². The normalized spacial score (nSPS) is 11.2. The van der Waals surface area contributed by atoms with E-state index in [0.29, 0.717) is 11.1 Å². The number of hydrogen-bond acceptors (Lipinski definition) is 5. The van der Waals surface area contributed by atoms with Crippen molar-refractivity contribution in [2.45, 2.75) is 24.5 Å². The van der Waals surface area contributed by atoms with E-state index in [2.05, 4.69) is 14.8 Å². The predicted molar refractivity (Wildman–Crippen MR) is 119 cm³/mol. The van der Waals surface area contributed by atoms with Gasteiger partial charge in [0, 0.05) is 12.2 Å². The van der Waals surface area contributed by atoms with Gasteiger partial charge < -0.3 is 14.8 Å². The molecule has 0 fully saturated rings. The van der Waals surface area contributed by atoms with Crippen molar-refractivity contribution < 1.29 is 35.9 Å². The van der Waals surface area contributed by atoms with E-state index in [4.69, 9.17) is 4.74 Å². The minimum absolute atomic E-state index is 0.0154. The van der Waals surface area contributed by atoms with Crippen molar-refractivity contribution in [3.8, 4) is 11.5 Å². The van der Waals surface area contributed by atoms with Crippen LogP contribution in [0.1, 0.15) is 11.1 Å². The number of nitrogens with one attached hydrogen (secondary N) is 2. The molecule has 0 aliphatic rings. The lowest BCUT2D eigenvalue weighted by Crippen LogP contribution is -2.24. The molecular formula is C23H21F3N2O5S. The van der Waals surface area contributed by atoms with Crippen LogP contribution in [0.25, 0.3) is 0 Å². The third-order valence-corrected chi connectivity index (χ3v) is 6.03. The van der Waals surface area contributed by atoms with Gasteiger partial charge in [0.05, 0.1) is 18.4 Å². The van der Waals surface area contributed by atoms with Gasteiger partial charge in [-0.1, -0.05) is 18.2 Å². The largest absolute Gasteiger partial charge is 0.493 e. The quantitative estimate of drug-likeness (QED) is 0.443.